The Balaban J connectivity index is 1.62. The quantitative estimate of drug-likeness (QED) is 0.690. The zero-order valence-electron chi connectivity index (χ0n) is 11.6. The summed E-state index contributed by atoms with van der Waals surface area (Å²) in [4.78, 5) is 6.82. The Morgan fingerprint density at radius 1 is 1.43 bits per heavy atom. The highest BCUT2D eigenvalue weighted by Gasteiger charge is 2.12. The molecular weight excluding hydrogens is 322 g/mol. The van der Waals surface area contributed by atoms with Crippen LogP contribution in [0.15, 0.2) is 46.9 Å². The Morgan fingerprint density at radius 3 is 3.05 bits per heavy atom. The lowest BCUT2D eigenvalue weighted by Crippen LogP contribution is -2.30. The average Bonchev–Trinajstić information content (AvgIpc) is 3.06. The lowest BCUT2D eigenvalue weighted by atomic mass is 10.2. The molecule has 0 radical (unpaired) electrons. The normalized spacial score (nSPS) is 12.9. The van der Waals surface area contributed by atoms with Crippen molar-refractivity contribution < 1.29 is 0 Å². The summed E-state index contributed by atoms with van der Waals surface area (Å²) in [6, 6.07) is 8.34. The third kappa shape index (κ3) is 3.61. The topological polar surface area (TPSA) is 29.3 Å². The summed E-state index contributed by atoms with van der Waals surface area (Å²) in [5, 5.41) is 6.24. The van der Waals surface area contributed by atoms with E-state index in [1.807, 2.05) is 31.4 Å². The monoisotopic (exact) mass is 337 g/mol. The van der Waals surface area contributed by atoms with Crippen LogP contribution in [0.3, 0.4) is 0 Å². The standard InChI is InChI=1S/C15H16ClN3S2/c1-17-12(10-21-14-5-3-2-4-13(14)16)8-11-9-19-6-7-20-15(19)18-11/h2-7,9,12,17H,8,10H2,1H3. The molecule has 3 nitrogen and oxygen atoms in total. The van der Waals surface area contributed by atoms with Crippen LogP contribution in [0.2, 0.25) is 5.02 Å². The van der Waals surface area contributed by atoms with E-state index in [0.29, 0.717) is 6.04 Å². The van der Waals surface area contributed by atoms with Gasteiger partial charge in [-0.3, -0.25) is 4.40 Å². The van der Waals surface area contributed by atoms with Crippen LogP contribution in [-0.4, -0.2) is 28.2 Å². The highest BCUT2D eigenvalue weighted by Crippen LogP contribution is 2.27. The van der Waals surface area contributed by atoms with Gasteiger partial charge in [0.1, 0.15) is 0 Å². The van der Waals surface area contributed by atoms with Gasteiger partial charge in [0.25, 0.3) is 0 Å². The van der Waals surface area contributed by atoms with Crippen LogP contribution in [0.25, 0.3) is 4.96 Å². The van der Waals surface area contributed by atoms with Gasteiger partial charge in [0.05, 0.1) is 10.7 Å². The predicted octanol–water partition coefficient (Wildman–Crippen LogP) is 3.97. The van der Waals surface area contributed by atoms with Crippen molar-refractivity contribution in [3.05, 3.63) is 52.8 Å². The van der Waals surface area contributed by atoms with Gasteiger partial charge >= 0.3 is 0 Å². The second-order valence-corrected chi connectivity index (χ2v) is 7.10. The van der Waals surface area contributed by atoms with E-state index >= 15 is 0 Å². The summed E-state index contributed by atoms with van der Waals surface area (Å²) in [7, 11) is 2.00. The minimum Gasteiger partial charge on any atom is -0.316 e. The van der Waals surface area contributed by atoms with Crippen LogP contribution in [0.1, 0.15) is 5.69 Å². The van der Waals surface area contributed by atoms with Crippen LogP contribution >= 0.6 is 34.7 Å². The van der Waals surface area contributed by atoms with Gasteiger partial charge in [0.2, 0.25) is 0 Å². The maximum absolute atomic E-state index is 6.19. The number of benzene rings is 1. The summed E-state index contributed by atoms with van der Waals surface area (Å²) in [5.41, 5.74) is 1.13. The fraction of sp³-hybridized carbons (Fsp3) is 0.267. The molecule has 0 aliphatic rings. The number of fused-ring (bicyclic) bond motifs is 1. The van der Waals surface area contributed by atoms with Crippen molar-refractivity contribution in [1.29, 1.82) is 0 Å². The van der Waals surface area contributed by atoms with Crippen LogP contribution in [0.5, 0.6) is 0 Å². The first kappa shape index (κ1) is 14.9. The third-order valence-corrected chi connectivity index (χ3v) is 5.73. The van der Waals surface area contributed by atoms with E-state index in [2.05, 4.69) is 32.3 Å². The summed E-state index contributed by atoms with van der Waals surface area (Å²) in [6.07, 6.45) is 5.07. The Labute approximate surface area is 137 Å². The number of halogens is 1. The first-order chi connectivity index (χ1) is 10.3. The van der Waals surface area contributed by atoms with Crippen molar-refractivity contribution in [1.82, 2.24) is 14.7 Å². The maximum Gasteiger partial charge on any atom is 0.193 e. The van der Waals surface area contributed by atoms with Crippen molar-refractivity contribution in [2.75, 3.05) is 12.8 Å². The molecule has 0 fully saturated rings. The van der Waals surface area contributed by atoms with Crippen LogP contribution in [0.4, 0.5) is 0 Å². The number of nitrogens with zero attached hydrogens (tertiary/aromatic N) is 2. The number of imidazole rings is 1. The fourth-order valence-electron chi connectivity index (χ4n) is 2.12. The maximum atomic E-state index is 6.19. The van der Waals surface area contributed by atoms with E-state index in [1.54, 1.807) is 23.1 Å². The highest BCUT2D eigenvalue weighted by molar-refractivity contribution is 7.99. The van der Waals surface area contributed by atoms with Gasteiger partial charge in [0.15, 0.2) is 4.96 Å². The number of likely N-dealkylation sites (N-methyl/N-ethyl adjacent to an activating group) is 1. The molecule has 3 rings (SSSR count). The third-order valence-electron chi connectivity index (χ3n) is 3.28. The molecule has 0 aliphatic carbocycles. The minimum absolute atomic E-state index is 0.371. The van der Waals surface area contributed by atoms with Gasteiger partial charge in [0, 0.05) is 40.9 Å². The van der Waals surface area contributed by atoms with Crippen molar-refractivity contribution >= 4 is 39.7 Å². The van der Waals surface area contributed by atoms with E-state index < -0.39 is 0 Å². The molecule has 1 unspecified atom stereocenters. The smallest absolute Gasteiger partial charge is 0.193 e. The Bertz CT molecular complexity index is 694. The van der Waals surface area contributed by atoms with Gasteiger partial charge in [-0.15, -0.1) is 23.1 Å². The zero-order valence-corrected chi connectivity index (χ0v) is 14.0. The lowest BCUT2D eigenvalue weighted by molar-refractivity contribution is 0.611. The van der Waals surface area contributed by atoms with Gasteiger partial charge in [-0.1, -0.05) is 23.7 Å². The molecule has 2 heterocycles. The van der Waals surface area contributed by atoms with E-state index in [1.165, 1.54) is 0 Å². The molecule has 21 heavy (non-hydrogen) atoms. The second-order valence-electron chi connectivity index (χ2n) is 4.76. The van der Waals surface area contributed by atoms with Crippen molar-refractivity contribution in [3.8, 4) is 0 Å². The van der Waals surface area contributed by atoms with Crippen molar-refractivity contribution in [3.63, 3.8) is 0 Å². The largest absolute Gasteiger partial charge is 0.316 e. The number of aromatic nitrogens is 2. The Kier molecular flexibility index (Phi) is 4.85. The van der Waals surface area contributed by atoms with Crippen molar-refractivity contribution in [2.45, 2.75) is 17.4 Å². The van der Waals surface area contributed by atoms with E-state index in [9.17, 15) is 0 Å². The van der Waals surface area contributed by atoms with Crippen LogP contribution in [0, 0.1) is 0 Å². The summed E-state index contributed by atoms with van der Waals surface area (Å²) in [6.45, 7) is 0. The molecular formula is C15H16ClN3S2. The molecule has 3 aromatic rings. The highest BCUT2D eigenvalue weighted by atomic mass is 35.5. The fourth-order valence-corrected chi connectivity index (χ4v) is 4.19. The molecule has 1 atom stereocenters. The molecule has 0 bridgehead atoms. The van der Waals surface area contributed by atoms with Gasteiger partial charge in [-0.2, -0.15) is 0 Å². The second kappa shape index (κ2) is 6.83. The Hall–Kier alpha value is -1.01. The summed E-state index contributed by atoms with van der Waals surface area (Å²) < 4.78 is 2.08. The molecule has 0 spiro atoms. The number of nitrogens with one attached hydrogen (secondary N) is 1. The molecule has 0 saturated heterocycles. The predicted molar refractivity (Wildman–Crippen MR) is 91.8 cm³/mol. The molecule has 1 aromatic carbocycles. The van der Waals surface area contributed by atoms with Crippen molar-refractivity contribution in [2.24, 2.45) is 0 Å². The molecule has 0 amide bonds. The zero-order chi connectivity index (χ0) is 14.7. The minimum atomic E-state index is 0.371. The van der Waals surface area contributed by atoms with E-state index in [0.717, 1.165) is 32.7 Å². The SMILES string of the molecule is CNC(CSc1ccccc1Cl)Cc1cn2ccsc2n1. The number of thiazole rings is 1. The molecule has 0 aliphatic heterocycles. The first-order valence-corrected chi connectivity index (χ1v) is 8.96. The van der Waals surface area contributed by atoms with E-state index in [-0.39, 0.29) is 0 Å². The first-order valence-electron chi connectivity index (χ1n) is 6.72. The van der Waals surface area contributed by atoms with Crippen LogP contribution < -0.4 is 5.32 Å². The number of hydrogen-bond donors (Lipinski definition) is 1. The number of rotatable bonds is 6. The summed E-state index contributed by atoms with van der Waals surface area (Å²) >= 11 is 9.64. The molecule has 110 valence electrons. The number of hydrogen-bond acceptors (Lipinski definition) is 4. The summed E-state index contributed by atoms with van der Waals surface area (Å²) in [5.74, 6) is 0.964. The average molecular weight is 338 g/mol. The molecule has 1 N–H and O–H groups in total. The van der Waals surface area contributed by atoms with E-state index in [4.69, 9.17) is 11.6 Å². The molecule has 6 heteroatoms. The van der Waals surface area contributed by atoms with Gasteiger partial charge in [-0.05, 0) is 19.2 Å². The number of thioether (sulfide) groups is 1. The van der Waals surface area contributed by atoms with Gasteiger partial charge in [-0.25, -0.2) is 4.98 Å². The Morgan fingerprint density at radius 2 is 2.29 bits per heavy atom. The lowest BCUT2D eigenvalue weighted by Gasteiger charge is -2.14. The van der Waals surface area contributed by atoms with Crippen LogP contribution in [-0.2, 0) is 6.42 Å². The molecule has 0 saturated carbocycles. The van der Waals surface area contributed by atoms with Gasteiger partial charge < -0.3 is 5.32 Å². The molecule has 2 aromatic heterocycles.